The number of nitrogens with one attached hydrogen (secondary N) is 1. The Balaban J connectivity index is 1.69. The van der Waals surface area contributed by atoms with Crippen LogP contribution in [0.15, 0.2) is 35.4 Å². The number of hydrogen-bond donors (Lipinski definition) is 1. The van der Waals surface area contributed by atoms with Gasteiger partial charge in [0.15, 0.2) is 0 Å². The monoisotopic (exact) mass is 348 g/mol. The van der Waals surface area contributed by atoms with Crippen molar-refractivity contribution < 1.29 is 19.1 Å². The molecule has 2 aliphatic rings. The smallest absolute Gasteiger partial charge is 0.244 e. The lowest BCUT2D eigenvalue weighted by atomic mass is 9.85. The summed E-state index contributed by atoms with van der Waals surface area (Å²) in [4.78, 5) is 38.1. The molecule has 1 aromatic carbocycles. The lowest BCUT2D eigenvalue weighted by molar-refractivity contribution is -0.142. The number of likely N-dealkylation sites (tertiary alicyclic amines) is 1. The number of anilines is 1. The van der Waals surface area contributed by atoms with Crippen molar-refractivity contribution in [1.29, 1.82) is 0 Å². The van der Waals surface area contributed by atoms with E-state index in [1.54, 1.807) is 30.3 Å². The molecule has 24 heavy (non-hydrogen) atoms. The van der Waals surface area contributed by atoms with Gasteiger partial charge < -0.3 is 10.1 Å². The SMILES string of the molecule is COc1ccccc1NC(=O)CN1C(=O)[C@H]2CC=C(Cl)C[C@H]2C1=O. The molecule has 0 spiro atoms. The van der Waals surface area contributed by atoms with E-state index in [-0.39, 0.29) is 18.4 Å². The molecule has 1 heterocycles. The zero-order chi connectivity index (χ0) is 17.3. The van der Waals surface area contributed by atoms with Crippen LogP contribution in [0, 0.1) is 11.8 Å². The highest BCUT2D eigenvalue weighted by atomic mass is 35.5. The van der Waals surface area contributed by atoms with Crippen molar-refractivity contribution in [3.05, 3.63) is 35.4 Å². The van der Waals surface area contributed by atoms with Gasteiger partial charge in [-0.1, -0.05) is 29.8 Å². The standard InChI is InChI=1S/C17H17ClN2O4/c1-24-14-5-3-2-4-13(14)19-15(21)9-20-16(22)11-7-6-10(18)8-12(11)17(20)23/h2-6,11-12H,7-9H2,1H3,(H,19,21)/t11-,12+/m0/s1. The van der Waals surface area contributed by atoms with Crippen LogP contribution in [0.4, 0.5) is 5.69 Å². The normalized spacial score (nSPS) is 22.9. The van der Waals surface area contributed by atoms with Crippen LogP contribution < -0.4 is 10.1 Å². The van der Waals surface area contributed by atoms with Crippen molar-refractivity contribution in [2.24, 2.45) is 11.8 Å². The van der Waals surface area contributed by atoms with Gasteiger partial charge in [0, 0.05) is 5.03 Å². The summed E-state index contributed by atoms with van der Waals surface area (Å²) in [6.45, 7) is -0.305. The largest absolute Gasteiger partial charge is 0.495 e. The Morgan fingerprint density at radius 1 is 1.29 bits per heavy atom. The molecule has 1 aliphatic heterocycles. The van der Waals surface area contributed by atoms with Crippen LogP contribution in [-0.2, 0) is 14.4 Å². The highest BCUT2D eigenvalue weighted by Gasteiger charge is 2.48. The molecule has 0 aromatic heterocycles. The molecule has 0 saturated carbocycles. The molecule has 0 bridgehead atoms. The van der Waals surface area contributed by atoms with Gasteiger partial charge in [0.1, 0.15) is 12.3 Å². The number of nitrogens with zero attached hydrogens (tertiary/aromatic N) is 1. The molecule has 2 atom stereocenters. The average Bonchev–Trinajstić information content (AvgIpc) is 2.80. The molecular weight excluding hydrogens is 332 g/mol. The zero-order valence-corrected chi connectivity index (χ0v) is 13.9. The molecule has 6 nitrogen and oxygen atoms in total. The number of hydrogen-bond acceptors (Lipinski definition) is 4. The zero-order valence-electron chi connectivity index (χ0n) is 13.1. The molecule has 3 rings (SSSR count). The third kappa shape index (κ3) is 3.01. The fourth-order valence-corrected chi connectivity index (χ4v) is 3.39. The van der Waals surface area contributed by atoms with E-state index in [0.717, 1.165) is 4.90 Å². The molecule has 1 aliphatic carbocycles. The second kappa shape index (κ2) is 6.65. The van der Waals surface area contributed by atoms with E-state index in [9.17, 15) is 14.4 Å². The number of ether oxygens (including phenoxy) is 1. The van der Waals surface area contributed by atoms with Crippen molar-refractivity contribution in [3.8, 4) is 5.75 Å². The number of halogens is 1. The minimum absolute atomic E-state index is 0.305. The number of methoxy groups -OCH3 is 1. The number of rotatable bonds is 4. The van der Waals surface area contributed by atoms with E-state index < -0.39 is 17.7 Å². The van der Waals surface area contributed by atoms with E-state index in [1.807, 2.05) is 0 Å². The first kappa shape index (κ1) is 16.5. The minimum Gasteiger partial charge on any atom is -0.495 e. The predicted molar refractivity (Wildman–Crippen MR) is 88.5 cm³/mol. The summed E-state index contributed by atoms with van der Waals surface area (Å²) in [7, 11) is 1.50. The maximum Gasteiger partial charge on any atom is 0.244 e. The van der Waals surface area contributed by atoms with Crippen molar-refractivity contribution in [3.63, 3.8) is 0 Å². The summed E-state index contributed by atoms with van der Waals surface area (Å²) < 4.78 is 5.16. The number of benzene rings is 1. The highest BCUT2D eigenvalue weighted by Crippen LogP contribution is 2.38. The Kier molecular flexibility index (Phi) is 4.57. The van der Waals surface area contributed by atoms with Gasteiger partial charge in [0.05, 0.1) is 24.6 Å². The van der Waals surface area contributed by atoms with Crippen molar-refractivity contribution >= 4 is 35.0 Å². The first-order valence-corrected chi connectivity index (χ1v) is 8.01. The second-order valence-corrected chi connectivity index (χ2v) is 6.30. The van der Waals surface area contributed by atoms with Crippen LogP contribution in [0.2, 0.25) is 0 Å². The minimum atomic E-state index is -0.450. The van der Waals surface area contributed by atoms with E-state index in [2.05, 4.69) is 5.32 Å². The van der Waals surface area contributed by atoms with Gasteiger partial charge in [0.2, 0.25) is 17.7 Å². The number of carbonyl (C=O) groups excluding carboxylic acids is 3. The molecule has 1 saturated heterocycles. The summed E-state index contributed by atoms with van der Waals surface area (Å²) in [5.74, 6) is -1.42. The van der Waals surface area contributed by atoms with E-state index in [0.29, 0.717) is 29.3 Å². The highest BCUT2D eigenvalue weighted by molar-refractivity contribution is 6.30. The molecule has 3 amide bonds. The van der Waals surface area contributed by atoms with Gasteiger partial charge in [-0.05, 0) is 25.0 Å². The van der Waals surface area contributed by atoms with E-state index in [4.69, 9.17) is 16.3 Å². The fraction of sp³-hybridized carbons (Fsp3) is 0.353. The topological polar surface area (TPSA) is 75.7 Å². The Hall–Kier alpha value is -2.34. The average molecular weight is 349 g/mol. The first-order chi connectivity index (χ1) is 11.5. The number of carbonyl (C=O) groups is 3. The van der Waals surface area contributed by atoms with Crippen LogP contribution in [0.5, 0.6) is 5.75 Å². The molecule has 1 N–H and O–H groups in total. The lowest BCUT2D eigenvalue weighted by Crippen LogP contribution is -2.38. The van der Waals surface area contributed by atoms with Crippen LogP contribution in [0.25, 0.3) is 0 Å². The van der Waals surface area contributed by atoms with Gasteiger partial charge in [-0.15, -0.1) is 0 Å². The van der Waals surface area contributed by atoms with Crippen LogP contribution in [0.3, 0.4) is 0 Å². The summed E-state index contributed by atoms with van der Waals surface area (Å²) in [6, 6.07) is 6.94. The molecule has 1 aromatic rings. The molecule has 0 radical (unpaired) electrons. The number of imide groups is 1. The molecule has 0 unspecified atom stereocenters. The number of allylic oxidation sites excluding steroid dienone is 2. The van der Waals surface area contributed by atoms with Crippen molar-refractivity contribution in [2.75, 3.05) is 19.0 Å². The number of para-hydroxylation sites is 2. The van der Waals surface area contributed by atoms with Gasteiger partial charge in [-0.3, -0.25) is 19.3 Å². The third-order valence-corrected chi connectivity index (χ3v) is 4.65. The maximum absolute atomic E-state index is 12.4. The van der Waals surface area contributed by atoms with Crippen molar-refractivity contribution in [1.82, 2.24) is 4.90 Å². The fourth-order valence-electron chi connectivity index (χ4n) is 3.13. The van der Waals surface area contributed by atoms with Gasteiger partial charge >= 0.3 is 0 Å². The molecular formula is C17H17ClN2O4. The van der Waals surface area contributed by atoms with Gasteiger partial charge in [-0.2, -0.15) is 0 Å². The molecule has 7 heteroatoms. The summed E-state index contributed by atoms with van der Waals surface area (Å²) >= 11 is 5.98. The van der Waals surface area contributed by atoms with Crippen LogP contribution in [-0.4, -0.2) is 36.3 Å². The lowest BCUT2D eigenvalue weighted by Gasteiger charge is -2.17. The third-order valence-electron chi connectivity index (χ3n) is 4.34. The summed E-state index contributed by atoms with van der Waals surface area (Å²) in [6.07, 6.45) is 2.58. The Labute approximate surface area is 144 Å². The Bertz CT molecular complexity index is 731. The van der Waals surface area contributed by atoms with Crippen LogP contribution in [0.1, 0.15) is 12.8 Å². The predicted octanol–water partition coefficient (Wildman–Crippen LogP) is 2.15. The first-order valence-electron chi connectivity index (χ1n) is 7.64. The molecule has 126 valence electrons. The maximum atomic E-state index is 12.4. The summed E-state index contributed by atoms with van der Waals surface area (Å²) in [5.41, 5.74) is 0.492. The second-order valence-electron chi connectivity index (χ2n) is 5.81. The number of amides is 3. The quantitative estimate of drug-likeness (QED) is 0.846. The Morgan fingerprint density at radius 2 is 2.00 bits per heavy atom. The van der Waals surface area contributed by atoms with Gasteiger partial charge in [-0.25, -0.2) is 0 Å². The van der Waals surface area contributed by atoms with Crippen molar-refractivity contribution in [2.45, 2.75) is 12.8 Å². The van der Waals surface area contributed by atoms with Crippen LogP contribution >= 0.6 is 11.6 Å². The summed E-state index contributed by atoms with van der Waals surface area (Å²) in [5, 5.41) is 3.27. The molecule has 1 fully saturated rings. The van der Waals surface area contributed by atoms with E-state index >= 15 is 0 Å². The Morgan fingerprint density at radius 3 is 2.75 bits per heavy atom. The number of fused-ring (bicyclic) bond motifs is 1. The van der Waals surface area contributed by atoms with Gasteiger partial charge in [0.25, 0.3) is 0 Å². The van der Waals surface area contributed by atoms with E-state index in [1.165, 1.54) is 7.11 Å².